The number of ether oxygens (including phenoxy) is 1. The first-order valence-electron chi connectivity index (χ1n) is 9.99. The Labute approximate surface area is 160 Å². The summed E-state index contributed by atoms with van der Waals surface area (Å²) < 4.78 is 5.76. The Kier molecular flexibility index (Phi) is 4.04. The molecule has 5 nitrogen and oxygen atoms in total. The second-order valence-corrected chi connectivity index (χ2v) is 9.84. The van der Waals surface area contributed by atoms with Gasteiger partial charge in [-0.2, -0.15) is 0 Å². The summed E-state index contributed by atoms with van der Waals surface area (Å²) in [7, 11) is 0. The van der Waals surface area contributed by atoms with Crippen LogP contribution in [0.1, 0.15) is 53.4 Å². The van der Waals surface area contributed by atoms with Crippen LogP contribution in [-0.2, 0) is 14.3 Å². The Bertz CT molecular complexity index is 763. The SMILES string of the molecule is C=C1C(=O)C2C3=C(CC(O)C4C(C)(C)CCC(OC(C)=O)C34C)CC1C2O. The van der Waals surface area contributed by atoms with Gasteiger partial charge in [-0.05, 0) is 42.2 Å². The van der Waals surface area contributed by atoms with Gasteiger partial charge in [0.2, 0.25) is 0 Å². The zero-order valence-corrected chi connectivity index (χ0v) is 16.6. The average molecular weight is 374 g/mol. The molecule has 4 aliphatic rings. The highest BCUT2D eigenvalue weighted by atomic mass is 16.5. The normalized spacial score (nSPS) is 45.4. The maximum atomic E-state index is 13.0. The molecule has 148 valence electrons. The average Bonchev–Trinajstić information content (AvgIpc) is 2.68. The molecular formula is C22H30O5. The predicted octanol–water partition coefficient (Wildman–Crippen LogP) is 2.56. The molecule has 0 aromatic heterocycles. The van der Waals surface area contributed by atoms with Crippen LogP contribution in [0.5, 0.6) is 0 Å². The van der Waals surface area contributed by atoms with Crippen molar-refractivity contribution in [1.29, 1.82) is 0 Å². The molecule has 5 heteroatoms. The van der Waals surface area contributed by atoms with E-state index in [-0.39, 0.29) is 29.0 Å². The fourth-order valence-electron chi connectivity index (χ4n) is 7.01. The highest BCUT2D eigenvalue weighted by Crippen LogP contribution is 2.65. The Hall–Kier alpha value is -1.46. The molecule has 0 spiro atoms. The molecular weight excluding hydrogens is 344 g/mol. The summed E-state index contributed by atoms with van der Waals surface area (Å²) >= 11 is 0. The Morgan fingerprint density at radius 1 is 1.22 bits per heavy atom. The third-order valence-corrected chi connectivity index (χ3v) is 7.90. The lowest BCUT2D eigenvalue weighted by Gasteiger charge is -2.61. The molecule has 7 unspecified atom stereocenters. The van der Waals surface area contributed by atoms with Crippen molar-refractivity contribution in [3.05, 3.63) is 23.3 Å². The van der Waals surface area contributed by atoms with Gasteiger partial charge in [-0.3, -0.25) is 9.59 Å². The minimum absolute atomic E-state index is 0.0844. The molecule has 0 aliphatic heterocycles. The van der Waals surface area contributed by atoms with Crippen LogP contribution < -0.4 is 0 Å². The number of rotatable bonds is 1. The molecule has 0 saturated heterocycles. The van der Waals surface area contributed by atoms with Gasteiger partial charge < -0.3 is 14.9 Å². The quantitative estimate of drug-likeness (QED) is 0.419. The lowest BCUT2D eigenvalue weighted by Crippen LogP contribution is -2.61. The first-order valence-corrected chi connectivity index (χ1v) is 9.99. The predicted molar refractivity (Wildman–Crippen MR) is 99.6 cm³/mol. The Morgan fingerprint density at radius 3 is 2.52 bits per heavy atom. The number of ketones is 1. The molecule has 4 rings (SSSR count). The van der Waals surface area contributed by atoms with Gasteiger partial charge >= 0.3 is 5.97 Å². The van der Waals surface area contributed by atoms with Crippen LogP contribution in [0.3, 0.4) is 0 Å². The molecule has 2 saturated carbocycles. The van der Waals surface area contributed by atoms with Crippen LogP contribution in [-0.4, -0.2) is 40.3 Å². The second-order valence-electron chi connectivity index (χ2n) is 9.84. The highest BCUT2D eigenvalue weighted by Gasteiger charge is 2.65. The van der Waals surface area contributed by atoms with Gasteiger partial charge in [0.05, 0.1) is 18.1 Å². The van der Waals surface area contributed by atoms with Crippen LogP contribution >= 0.6 is 0 Å². The summed E-state index contributed by atoms with van der Waals surface area (Å²) in [5.41, 5.74) is 1.64. The topological polar surface area (TPSA) is 83.8 Å². The van der Waals surface area contributed by atoms with Crippen molar-refractivity contribution >= 4 is 11.8 Å². The maximum absolute atomic E-state index is 13.0. The van der Waals surface area contributed by atoms with Crippen molar-refractivity contribution in [1.82, 2.24) is 0 Å². The summed E-state index contributed by atoms with van der Waals surface area (Å²) in [6.45, 7) is 11.7. The monoisotopic (exact) mass is 374 g/mol. The summed E-state index contributed by atoms with van der Waals surface area (Å²) in [4.78, 5) is 24.8. The second kappa shape index (κ2) is 5.77. The molecule has 0 aromatic carbocycles. The van der Waals surface area contributed by atoms with E-state index in [9.17, 15) is 19.8 Å². The maximum Gasteiger partial charge on any atom is 0.302 e. The van der Waals surface area contributed by atoms with Crippen molar-refractivity contribution in [2.24, 2.45) is 28.6 Å². The lowest BCUT2D eigenvalue weighted by molar-refractivity contribution is -0.178. The van der Waals surface area contributed by atoms with Crippen LogP contribution in [0.15, 0.2) is 23.3 Å². The number of aliphatic hydroxyl groups is 2. The molecule has 2 fully saturated rings. The third-order valence-electron chi connectivity index (χ3n) is 7.90. The van der Waals surface area contributed by atoms with Crippen LogP contribution in [0.2, 0.25) is 0 Å². The van der Waals surface area contributed by atoms with E-state index in [0.717, 1.165) is 17.6 Å². The lowest BCUT2D eigenvalue weighted by atomic mass is 9.45. The summed E-state index contributed by atoms with van der Waals surface area (Å²) in [6, 6.07) is 0. The van der Waals surface area contributed by atoms with Gasteiger partial charge in [-0.15, -0.1) is 0 Å². The number of hydrogen-bond acceptors (Lipinski definition) is 5. The molecule has 0 radical (unpaired) electrons. The molecule has 27 heavy (non-hydrogen) atoms. The Balaban J connectivity index is 1.92. The van der Waals surface area contributed by atoms with Crippen molar-refractivity contribution in [3.8, 4) is 0 Å². The van der Waals surface area contributed by atoms with E-state index in [2.05, 4.69) is 20.4 Å². The zero-order valence-electron chi connectivity index (χ0n) is 16.6. The molecule has 4 aliphatic carbocycles. The van der Waals surface area contributed by atoms with E-state index >= 15 is 0 Å². The minimum atomic E-state index is -0.764. The van der Waals surface area contributed by atoms with Crippen molar-refractivity contribution in [2.75, 3.05) is 0 Å². The van der Waals surface area contributed by atoms with Gasteiger partial charge in [0, 0.05) is 24.2 Å². The number of esters is 1. The highest BCUT2D eigenvalue weighted by molar-refractivity contribution is 6.03. The van der Waals surface area contributed by atoms with E-state index in [4.69, 9.17) is 4.74 Å². The molecule has 0 heterocycles. The van der Waals surface area contributed by atoms with Crippen LogP contribution in [0.4, 0.5) is 0 Å². The first kappa shape index (κ1) is 18.9. The summed E-state index contributed by atoms with van der Waals surface area (Å²) in [6.07, 6.45) is 0.875. The number of Topliss-reactive ketones (excluding diaryl/α,β-unsaturated/α-hetero) is 1. The third kappa shape index (κ3) is 2.37. The van der Waals surface area contributed by atoms with Crippen LogP contribution in [0.25, 0.3) is 0 Å². The van der Waals surface area contributed by atoms with Gasteiger partial charge in [-0.25, -0.2) is 0 Å². The van der Waals surface area contributed by atoms with Gasteiger partial charge in [0.1, 0.15) is 6.10 Å². The molecule has 2 N–H and O–H groups in total. The number of hydrogen-bond donors (Lipinski definition) is 2. The van der Waals surface area contributed by atoms with Crippen LogP contribution in [0, 0.1) is 28.6 Å². The van der Waals surface area contributed by atoms with Crippen molar-refractivity contribution < 1.29 is 24.5 Å². The van der Waals surface area contributed by atoms with E-state index < -0.39 is 29.6 Å². The summed E-state index contributed by atoms with van der Waals surface area (Å²) in [5, 5.41) is 22.0. The van der Waals surface area contributed by atoms with Crippen molar-refractivity contribution in [3.63, 3.8) is 0 Å². The largest absolute Gasteiger partial charge is 0.462 e. The van der Waals surface area contributed by atoms with E-state index in [1.165, 1.54) is 6.92 Å². The summed E-state index contributed by atoms with van der Waals surface area (Å²) in [5.74, 6) is -1.44. The van der Waals surface area contributed by atoms with Gasteiger partial charge in [0.25, 0.3) is 0 Å². The molecule has 0 amide bonds. The molecule has 7 atom stereocenters. The number of aliphatic hydroxyl groups excluding tert-OH is 2. The van der Waals surface area contributed by atoms with Crippen molar-refractivity contribution in [2.45, 2.75) is 71.7 Å². The first-order chi connectivity index (χ1) is 12.5. The standard InChI is InChI=1S/C22H30O5/c1-10-13-8-12-9-14(24)20-21(3,4)7-6-15(27-11(2)23)22(20,5)17(12)16(18(10)25)19(13)26/h13-16,19-20,24,26H,1,6-9H2,2-5H3. The van der Waals surface area contributed by atoms with Gasteiger partial charge in [-0.1, -0.05) is 32.9 Å². The van der Waals surface area contributed by atoms with E-state index in [1.54, 1.807) is 0 Å². The molecule has 2 bridgehead atoms. The number of carbonyl (C=O) groups is 2. The number of fused-ring (bicyclic) bond motifs is 5. The van der Waals surface area contributed by atoms with E-state index in [1.807, 2.05) is 6.92 Å². The molecule has 0 aromatic rings. The van der Waals surface area contributed by atoms with Gasteiger partial charge in [0.15, 0.2) is 5.78 Å². The Morgan fingerprint density at radius 2 is 1.89 bits per heavy atom. The smallest absolute Gasteiger partial charge is 0.302 e. The zero-order chi connectivity index (χ0) is 19.9. The number of carbonyl (C=O) groups excluding carboxylic acids is 2. The fraction of sp³-hybridized carbons (Fsp3) is 0.727. The minimum Gasteiger partial charge on any atom is -0.462 e. The van der Waals surface area contributed by atoms with E-state index in [0.29, 0.717) is 24.8 Å². The fourth-order valence-corrected chi connectivity index (χ4v) is 7.01.